The SMILES string of the molecule is Nc1onc(-c2ccc(F)c(Cl)c2)c1-c1cccc(Cl)c1. The van der Waals surface area contributed by atoms with E-state index in [1.54, 1.807) is 24.3 Å². The van der Waals surface area contributed by atoms with Crippen molar-refractivity contribution in [2.75, 3.05) is 5.73 Å². The predicted octanol–water partition coefficient (Wildman–Crippen LogP) is 5.04. The van der Waals surface area contributed by atoms with Gasteiger partial charge in [0.05, 0.1) is 10.6 Å². The van der Waals surface area contributed by atoms with E-state index in [-0.39, 0.29) is 10.9 Å². The molecule has 106 valence electrons. The number of hydrogen-bond donors (Lipinski definition) is 1. The minimum Gasteiger partial charge on any atom is -0.367 e. The Morgan fingerprint density at radius 2 is 1.86 bits per heavy atom. The van der Waals surface area contributed by atoms with Crippen LogP contribution in [0.2, 0.25) is 10.0 Å². The minimum absolute atomic E-state index is 0.00566. The van der Waals surface area contributed by atoms with Crippen LogP contribution >= 0.6 is 23.2 Å². The Balaban J connectivity index is 2.19. The molecule has 0 aliphatic carbocycles. The highest BCUT2D eigenvalue weighted by atomic mass is 35.5. The lowest BCUT2D eigenvalue weighted by Gasteiger charge is -2.04. The molecule has 0 atom stereocenters. The second kappa shape index (κ2) is 5.39. The summed E-state index contributed by atoms with van der Waals surface area (Å²) in [6.07, 6.45) is 0. The monoisotopic (exact) mass is 322 g/mol. The van der Waals surface area contributed by atoms with Gasteiger partial charge in [0.15, 0.2) is 0 Å². The van der Waals surface area contributed by atoms with Gasteiger partial charge in [0.25, 0.3) is 0 Å². The quantitative estimate of drug-likeness (QED) is 0.719. The van der Waals surface area contributed by atoms with Gasteiger partial charge in [-0.2, -0.15) is 0 Å². The van der Waals surface area contributed by atoms with Gasteiger partial charge >= 0.3 is 0 Å². The van der Waals surface area contributed by atoms with Gasteiger partial charge in [0, 0.05) is 10.6 Å². The molecule has 2 N–H and O–H groups in total. The van der Waals surface area contributed by atoms with Crippen LogP contribution in [0, 0.1) is 5.82 Å². The summed E-state index contributed by atoms with van der Waals surface area (Å²) in [5.41, 5.74) is 8.30. The minimum atomic E-state index is -0.499. The number of hydrogen-bond acceptors (Lipinski definition) is 3. The summed E-state index contributed by atoms with van der Waals surface area (Å²) >= 11 is 11.8. The van der Waals surface area contributed by atoms with Crippen LogP contribution in [0.25, 0.3) is 22.4 Å². The molecule has 0 spiro atoms. The fourth-order valence-electron chi connectivity index (χ4n) is 2.07. The van der Waals surface area contributed by atoms with Gasteiger partial charge in [-0.15, -0.1) is 0 Å². The number of rotatable bonds is 2. The molecule has 0 saturated heterocycles. The fraction of sp³-hybridized carbons (Fsp3) is 0. The Morgan fingerprint density at radius 1 is 1.05 bits per heavy atom. The van der Waals surface area contributed by atoms with E-state index in [1.165, 1.54) is 12.1 Å². The molecule has 6 heteroatoms. The molecule has 1 heterocycles. The zero-order chi connectivity index (χ0) is 15.0. The van der Waals surface area contributed by atoms with Crippen LogP contribution in [0.15, 0.2) is 47.0 Å². The second-order valence-corrected chi connectivity index (χ2v) is 5.25. The van der Waals surface area contributed by atoms with Crippen molar-refractivity contribution in [3.8, 4) is 22.4 Å². The van der Waals surface area contributed by atoms with Crippen molar-refractivity contribution < 1.29 is 8.91 Å². The first-order valence-corrected chi connectivity index (χ1v) is 6.78. The van der Waals surface area contributed by atoms with Crippen LogP contribution in [0.3, 0.4) is 0 Å². The Kier molecular flexibility index (Phi) is 3.57. The molecule has 0 aliphatic rings. The Hall–Kier alpha value is -2.04. The van der Waals surface area contributed by atoms with Crippen LogP contribution < -0.4 is 5.73 Å². The third-order valence-electron chi connectivity index (χ3n) is 3.02. The van der Waals surface area contributed by atoms with E-state index in [4.69, 9.17) is 33.5 Å². The van der Waals surface area contributed by atoms with Gasteiger partial charge in [-0.05, 0) is 35.9 Å². The first kappa shape index (κ1) is 13.9. The highest BCUT2D eigenvalue weighted by Gasteiger charge is 2.18. The summed E-state index contributed by atoms with van der Waals surface area (Å²) in [4.78, 5) is 0. The standard InChI is InChI=1S/C15H9Cl2FN2O/c16-10-3-1-2-8(6-10)13-14(20-21-15(13)19)9-4-5-12(18)11(17)7-9/h1-7H,19H2. The molecule has 2 aromatic carbocycles. The molecular weight excluding hydrogens is 314 g/mol. The summed E-state index contributed by atoms with van der Waals surface area (Å²) in [7, 11) is 0. The van der Waals surface area contributed by atoms with Crippen LogP contribution in [0.1, 0.15) is 0 Å². The van der Waals surface area contributed by atoms with E-state index in [1.807, 2.05) is 6.07 Å². The van der Waals surface area contributed by atoms with Crippen molar-refractivity contribution in [2.45, 2.75) is 0 Å². The van der Waals surface area contributed by atoms with E-state index >= 15 is 0 Å². The molecule has 0 bridgehead atoms. The van der Waals surface area contributed by atoms with E-state index in [0.29, 0.717) is 21.8 Å². The van der Waals surface area contributed by atoms with E-state index in [9.17, 15) is 4.39 Å². The van der Waals surface area contributed by atoms with Crippen molar-refractivity contribution in [1.82, 2.24) is 5.16 Å². The van der Waals surface area contributed by atoms with Crippen LogP contribution in [0.5, 0.6) is 0 Å². The zero-order valence-electron chi connectivity index (χ0n) is 10.6. The van der Waals surface area contributed by atoms with Gasteiger partial charge < -0.3 is 10.3 Å². The summed E-state index contributed by atoms with van der Waals surface area (Å²) < 4.78 is 18.3. The number of anilines is 1. The molecule has 3 nitrogen and oxygen atoms in total. The third kappa shape index (κ3) is 2.60. The van der Waals surface area contributed by atoms with Gasteiger partial charge in [0.2, 0.25) is 5.88 Å². The second-order valence-electron chi connectivity index (χ2n) is 4.41. The van der Waals surface area contributed by atoms with Gasteiger partial charge in [-0.3, -0.25) is 0 Å². The fourth-order valence-corrected chi connectivity index (χ4v) is 2.44. The highest BCUT2D eigenvalue weighted by molar-refractivity contribution is 6.31. The zero-order valence-corrected chi connectivity index (χ0v) is 12.1. The van der Waals surface area contributed by atoms with Crippen LogP contribution in [-0.2, 0) is 0 Å². The van der Waals surface area contributed by atoms with Crippen molar-refractivity contribution >= 4 is 29.1 Å². The maximum Gasteiger partial charge on any atom is 0.230 e. The molecule has 0 fully saturated rings. The molecule has 0 radical (unpaired) electrons. The molecule has 0 saturated carbocycles. The molecule has 0 amide bonds. The molecule has 1 aromatic heterocycles. The first-order chi connectivity index (χ1) is 10.1. The number of halogens is 3. The van der Waals surface area contributed by atoms with Crippen molar-refractivity contribution in [2.24, 2.45) is 0 Å². The lowest BCUT2D eigenvalue weighted by atomic mass is 10.0. The summed E-state index contributed by atoms with van der Waals surface area (Å²) in [5, 5.41) is 4.51. The number of benzene rings is 2. The Bertz CT molecular complexity index is 817. The van der Waals surface area contributed by atoms with E-state index < -0.39 is 5.82 Å². The summed E-state index contributed by atoms with van der Waals surface area (Å²) in [5.74, 6) is -0.339. The van der Waals surface area contributed by atoms with Gasteiger partial charge in [0.1, 0.15) is 11.5 Å². The normalized spacial score (nSPS) is 10.8. The summed E-state index contributed by atoms with van der Waals surface area (Å²) in [6, 6.07) is 11.4. The van der Waals surface area contributed by atoms with Crippen LogP contribution in [0.4, 0.5) is 10.3 Å². The number of nitrogens with two attached hydrogens (primary N) is 1. The van der Waals surface area contributed by atoms with E-state index in [0.717, 1.165) is 5.56 Å². The maximum absolute atomic E-state index is 13.3. The van der Waals surface area contributed by atoms with Gasteiger partial charge in [-0.25, -0.2) is 4.39 Å². The predicted molar refractivity (Wildman–Crippen MR) is 81.8 cm³/mol. The largest absolute Gasteiger partial charge is 0.367 e. The first-order valence-electron chi connectivity index (χ1n) is 6.03. The number of nitrogen functional groups attached to an aromatic ring is 1. The van der Waals surface area contributed by atoms with Gasteiger partial charge in [-0.1, -0.05) is 40.5 Å². The lowest BCUT2D eigenvalue weighted by Crippen LogP contribution is -1.88. The molecule has 0 aliphatic heterocycles. The molecular formula is C15H9Cl2FN2O. The molecule has 3 rings (SSSR count). The average Bonchev–Trinajstić information content (AvgIpc) is 2.84. The Morgan fingerprint density at radius 3 is 2.57 bits per heavy atom. The van der Waals surface area contributed by atoms with Crippen molar-refractivity contribution in [3.05, 3.63) is 58.3 Å². The number of aromatic nitrogens is 1. The van der Waals surface area contributed by atoms with Crippen molar-refractivity contribution in [1.29, 1.82) is 0 Å². The van der Waals surface area contributed by atoms with Crippen molar-refractivity contribution in [3.63, 3.8) is 0 Å². The molecule has 3 aromatic rings. The Labute approximate surface area is 130 Å². The van der Waals surface area contributed by atoms with E-state index in [2.05, 4.69) is 5.16 Å². The molecule has 21 heavy (non-hydrogen) atoms. The topological polar surface area (TPSA) is 52.0 Å². The third-order valence-corrected chi connectivity index (χ3v) is 3.55. The number of nitrogens with zero attached hydrogens (tertiary/aromatic N) is 1. The maximum atomic E-state index is 13.3. The lowest BCUT2D eigenvalue weighted by molar-refractivity contribution is 0.439. The highest BCUT2D eigenvalue weighted by Crippen LogP contribution is 2.37. The summed E-state index contributed by atoms with van der Waals surface area (Å²) in [6.45, 7) is 0. The molecule has 0 unspecified atom stereocenters. The average molecular weight is 323 g/mol. The smallest absolute Gasteiger partial charge is 0.230 e. The van der Waals surface area contributed by atoms with Crippen LogP contribution in [-0.4, -0.2) is 5.16 Å².